The van der Waals surface area contributed by atoms with Crippen molar-refractivity contribution in [2.45, 2.75) is 6.18 Å². The number of alkyl halides is 3. The number of hydrogen-bond donors (Lipinski definition) is 0. The van der Waals surface area contributed by atoms with Gasteiger partial charge in [-0.2, -0.15) is 13.2 Å². The van der Waals surface area contributed by atoms with E-state index in [1.54, 1.807) is 0 Å². The Morgan fingerprint density at radius 2 is 1.94 bits per heavy atom. The van der Waals surface area contributed by atoms with Gasteiger partial charge < -0.3 is 0 Å². The van der Waals surface area contributed by atoms with Gasteiger partial charge in [0.05, 0.1) is 21.7 Å². The summed E-state index contributed by atoms with van der Waals surface area (Å²) in [6.45, 7) is 0. The standard InChI is InChI=1S/C11H4Cl2F3NO/c12-7-2-1-5-3-6(11(14,15)16)4-17-9(5)8(7)10(13)18/h1-4H. The highest BCUT2D eigenvalue weighted by Crippen LogP contribution is 2.32. The highest BCUT2D eigenvalue weighted by atomic mass is 35.5. The zero-order valence-electron chi connectivity index (χ0n) is 8.55. The van der Waals surface area contributed by atoms with Gasteiger partial charge in [-0.25, -0.2) is 0 Å². The Morgan fingerprint density at radius 1 is 1.28 bits per heavy atom. The van der Waals surface area contributed by atoms with Crippen LogP contribution >= 0.6 is 23.2 Å². The molecule has 2 rings (SSSR count). The van der Waals surface area contributed by atoms with Gasteiger partial charge in [-0.15, -0.1) is 0 Å². The van der Waals surface area contributed by atoms with Gasteiger partial charge in [-0.3, -0.25) is 9.78 Å². The third-order valence-corrected chi connectivity index (χ3v) is 2.83. The van der Waals surface area contributed by atoms with E-state index in [1.165, 1.54) is 12.1 Å². The number of nitrogens with zero attached hydrogens (tertiary/aromatic N) is 1. The molecule has 0 aliphatic heterocycles. The van der Waals surface area contributed by atoms with Gasteiger partial charge in [-0.05, 0) is 23.7 Å². The van der Waals surface area contributed by atoms with Crippen LogP contribution in [0.15, 0.2) is 24.4 Å². The van der Waals surface area contributed by atoms with Crippen molar-refractivity contribution in [2.24, 2.45) is 0 Å². The summed E-state index contributed by atoms with van der Waals surface area (Å²) in [5, 5.41) is -0.661. The molecule has 0 N–H and O–H groups in total. The number of halogens is 5. The second-order valence-corrected chi connectivity index (χ2v) is 4.24. The number of pyridine rings is 1. The van der Waals surface area contributed by atoms with Crippen LogP contribution in [0.1, 0.15) is 15.9 Å². The molecular formula is C11H4Cl2F3NO. The smallest absolute Gasteiger partial charge is 0.275 e. The first-order valence-electron chi connectivity index (χ1n) is 4.66. The quantitative estimate of drug-likeness (QED) is 0.734. The summed E-state index contributed by atoms with van der Waals surface area (Å²) in [7, 11) is 0. The maximum Gasteiger partial charge on any atom is 0.417 e. The summed E-state index contributed by atoms with van der Waals surface area (Å²) in [5.41, 5.74) is -0.939. The first kappa shape index (κ1) is 13.1. The molecule has 0 saturated heterocycles. The Balaban J connectivity index is 2.75. The number of aromatic nitrogens is 1. The van der Waals surface area contributed by atoms with Gasteiger partial charge in [-0.1, -0.05) is 17.7 Å². The first-order valence-corrected chi connectivity index (χ1v) is 5.41. The SMILES string of the molecule is O=C(Cl)c1c(Cl)ccc2cc(C(F)(F)F)cnc12. The maximum atomic E-state index is 12.5. The summed E-state index contributed by atoms with van der Waals surface area (Å²) < 4.78 is 37.5. The fourth-order valence-electron chi connectivity index (χ4n) is 1.52. The van der Waals surface area contributed by atoms with Crippen LogP contribution in [-0.4, -0.2) is 10.2 Å². The number of carbonyl (C=O) groups excluding carboxylic acids is 1. The molecule has 1 aromatic carbocycles. The summed E-state index contributed by atoms with van der Waals surface area (Å²) in [4.78, 5) is 14.8. The second kappa shape index (κ2) is 4.40. The summed E-state index contributed by atoms with van der Waals surface area (Å²) in [6.07, 6.45) is -3.85. The molecule has 94 valence electrons. The van der Waals surface area contributed by atoms with Crippen molar-refractivity contribution in [3.63, 3.8) is 0 Å². The van der Waals surface area contributed by atoms with Crippen LogP contribution in [0.5, 0.6) is 0 Å². The monoisotopic (exact) mass is 293 g/mol. The molecule has 0 bridgehead atoms. The van der Waals surface area contributed by atoms with E-state index in [0.717, 1.165) is 6.07 Å². The minimum absolute atomic E-state index is 0.0507. The Bertz CT molecular complexity index is 640. The van der Waals surface area contributed by atoms with Crippen molar-refractivity contribution >= 4 is 39.3 Å². The lowest BCUT2D eigenvalue weighted by molar-refractivity contribution is -0.137. The third-order valence-electron chi connectivity index (χ3n) is 2.33. The Labute approximate surface area is 109 Å². The molecule has 1 aromatic heterocycles. The second-order valence-electron chi connectivity index (χ2n) is 3.49. The molecule has 0 spiro atoms. The average Bonchev–Trinajstić information content (AvgIpc) is 2.26. The van der Waals surface area contributed by atoms with E-state index in [1.807, 2.05) is 0 Å². The van der Waals surface area contributed by atoms with E-state index in [4.69, 9.17) is 23.2 Å². The van der Waals surface area contributed by atoms with Crippen LogP contribution in [0.2, 0.25) is 5.02 Å². The normalized spacial score (nSPS) is 11.8. The molecule has 2 aromatic rings. The van der Waals surface area contributed by atoms with Gasteiger partial charge in [0.15, 0.2) is 0 Å². The highest BCUT2D eigenvalue weighted by Gasteiger charge is 2.31. The van der Waals surface area contributed by atoms with Crippen molar-refractivity contribution in [3.05, 3.63) is 40.5 Å². The highest BCUT2D eigenvalue weighted by molar-refractivity contribution is 6.69. The zero-order chi connectivity index (χ0) is 13.5. The fourth-order valence-corrected chi connectivity index (χ4v) is 2.00. The molecule has 0 atom stereocenters. The summed E-state index contributed by atoms with van der Waals surface area (Å²) >= 11 is 11.1. The van der Waals surface area contributed by atoms with Crippen LogP contribution < -0.4 is 0 Å². The Kier molecular flexibility index (Phi) is 3.21. The van der Waals surface area contributed by atoms with E-state index in [2.05, 4.69) is 4.98 Å². The lowest BCUT2D eigenvalue weighted by atomic mass is 10.1. The fraction of sp³-hybridized carbons (Fsp3) is 0.0909. The van der Waals surface area contributed by atoms with Crippen LogP contribution in [0.3, 0.4) is 0 Å². The predicted molar refractivity (Wildman–Crippen MR) is 61.9 cm³/mol. The number of hydrogen-bond acceptors (Lipinski definition) is 2. The van der Waals surface area contributed by atoms with E-state index in [-0.39, 0.29) is 21.5 Å². The number of carbonyl (C=O) groups is 1. The lowest BCUT2D eigenvalue weighted by Gasteiger charge is -2.09. The van der Waals surface area contributed by atoms with Gasteiger partial charge in [0.2, 0.25) is 0 Å². The van der Waals surface area contributed by atoms with E-state index < -0.39 is 17.0 Å². The minimum atomic E-state index is -4.49. The molecule has 2 nitrogen and oxygen atoms in total. The van der Waals surface area contributed by atoms with Crippen molar-refractivity contribution in [1.82, 2.24) is 4.98 Å². The topological polar surface area (TPSA) is 30.0 Å². The van der Waals surface area contributed by atoms with Crippen LogP contribution in [-0.2, 0) is 6.18 Å². The molecule has 7 heteroatoms. The zero-order valence-corrected chi connectivity index (χ0v) is 10.1. The summed E-state index contributed by atoms with van der Waals surface area (Å²) in [6, 6.07) is 3.55. The van der Waals surface area contributed by atoms with Gasteiger partial charge in [0.1, 0.15) is 0 Å². The predicted octanol–water partition coefficient (Wildman–Crippen LogP) is 4.29. The molecule has 1 heterocycles. The van der Waals surface area contributed by atoms with Crippen molar-refractivity contribution in [2.75, 3.05) is 0 Å². The van der Waals surface area contributed by atoms with Crippen LogP contribution in [0, 0.1) is 0 Å². The molecule has 18 heavy (non-hydrogen) atoms. The van der Waals surface area contributed by atoms with Gasteiger partial charge >= 0.3 is 6.18 Å². The lowest BCUT2D eigenvalue weighted by Crippen LogP contribution is -2.06. The average molecular weight is 294 g/mol. The van der Waals surface area contributed by atoms with Crippen molar-refractivity contribution in [3.8, 4) is 0 Å². The number of benzene rings is 1. The Morgan fingerprint density at radius 3 is 2.50 bits per heavy atom. The Hall–Kier alpha value is -1.33. The molecule has 0 radical (unpaired) electrons. The first-order chi connectivity index (χ1) is 8.30. The van der Waals surface area contributed by atoms with Crippen LogP contribution in [0.25, 0.3) is 10.9 Å². The van der Waals surface area contributed by atoms with Crippen molar-refractivity contribution in [1.29, 1.82) is 0 Å². The molecule has 0 unspecified atom stereocenters. The largest absolute Gasteiger partial charge is 0.417 e. The molecule has 0 saturated carbocycles. The maximum absolute atomic E-state index is 12.5. The van der Waals surface area contributed by atoms with Crippen molar-refractivity contribution < 1.29 is 18.0 Å². The molecule has 0 aliphatic rings. The third kappa shape index (κ3) is 2.28. The van der Waals surface area contributed by atoms with Gasteiger partial charge in [0.25, 0.3) is 5.24 Å². The minimum Gasteiger partial charge on any atom is -0.275 e. The van der Waals surface area contributed by atoms with E-state index in [9.17, 15) is 18.0 Å². The van der Waals surface area contributed by atoms with E-state index >= 15 is 0 Å². The number of rotatable bonds is 1. The molecule has 0 amide bonds. The molecule has 0 fully saturated rings. The molecule has 0 aliphatic carbocycles. The molecular weight excluding hydrogens is 290 g/mol. The van der Waals surface area contributed by atoms with E-state index in [0.29, 0.717) is 6.20 Å². The van der Waals surface area contributed by atoms with Crippen LogP contribution in [0.4, 0.5) is 13.2 Å². The van der Waals surface area contributed by atoms with Gasteiger partial charge in [0, 0.05) is 11.6 Å². The summed E-state index contributed by atoms with van der Waals surface area (Å²) in [5.74, 6) is 0. The number of fused-ring (bicyclic) bond motifs is 1.